The average Bonchev–Trinajstić information content (AvgIpc) is 2.78. The summed E-state index contributed by atoms with van der Waals surface area (Å²) in [4.78, 5) is 15.1. The van der Waals surface area contributed by atoms with Crippen LogP contribution >= 0.6 is 0 Å². The molecule has 0 spiro atoms. The van der Waals surface area contributed by atoms with E-state index in [0.29, 0.717) is 12.1 Å². The zero-order chi connectivity index (χ0) is 18.9. The molecule has 0 bridgehead atoms. The number of benzene rings is 4. The molecule has 3 heteroatoms. The van der Waals surface area contributed by atoms with E-state index in [1.165, 1.54) is 5.39 Å². The second-order valence-electron chi connectivity index (χ2n) is 6.92. The Hall–Kier alpha value is -3.59. The zero-order valence-electron chi connectivity index (χ0n) is 15.3. The highest BCUT2D eigenvalue weighted by molar-refractivity contribution is 6.07. The molecule has 4 aromatic carbocycles. The predicted molar refractivity (Wildman–Crippen MR) is 112 cm³/mol. The lowest BCUT2D eigenvalue weighted by molar-refractivity contribution is 0.0956. The van der Waals surface area contributed by atoms with Crippen molar-refractivity contribution < 1.29 is 9.53 Å². The van der Waals surface area contributed by atoms with E-state index >= 15 is 0 Å². The van der Waals surface area contributed by atoms with Gasteiger partial charge < -0.3 is 9.64 Å². The van der Waals surface area contributed by atoms with Crippen LogP contribution in [0.2, 0.25) is 0 Å². The van der Waals surface area contributed by atoms with Gasteiger partial charge >= 0.3 is 0 Å². The molecule has 1 heterocycles. The zero-order valence-corrected chi connectivity index (χ0v) is 15.3. The fourth-order valence-corrected chi connectivity index (χ4v) is 3.86. The van der Waals surface area contributed by atoms with E-state index in [1.54, 1.807) is 0 Å². The van der Waals surface area contributed by atoms with E-state index in [4.69, 9.17) is 4.74 Å². The van der Waals surface area contributed by atoms with Gasteiger partial charge in [-0.3, -0.25) is 4.79 Å². The number of fused-ring (bicyclic) bond motifs is 2. The molecule has 0 saturated carbocycles. The van der Waals surface area contributed by atoms with E-state index in [-0.39, 0.29) is 12.0 Å². The molecule has 28 heavy (non-hydrogen) atoms. The van der Waals surface area contributed by atoms with Gasteiger partial charge in [0, 0.05) is 11.1 Å². The molecule has 0 aliphatic carbocycles. The third-order valence-corrected chi connectivity index (χ3v) is 5.21. The number of hydrogen-bond donors (Lipinski definition) is 0. The number of hydrogen-bond acceptors (Lipinski definition) is 2. The predicted octanol–water partition coefficient (Wildman–Crippen LogP) is 5.62. The number of carbonyl (C=O) groups is 1. The van der Waals surface area contributed by atoms with Crippen molar-refractivity contribution in [3.8, 4) is 5.75 Å². The molecule has 3 nitrogen and oxygen atoms in total. The van der Waals surface area contributed by atoms with E-state index in [2.05, 4.69) is 24.3 Å². The van der Waals surface area contributed by atoms with Crippen molar-refractivity contribution in [1.82, 2.24) is 0 Å². The second kappa shape index (κ2) is 6.86. The lowest BCUT2D eigenvalue weighted by atomic mass is 9.98. The summed E-state index contributed by atoms with van der Waals surface area (Å²) in [6, 6.07) is 31.7. The molecule has 0 radical (unpaired) electrons. The maximum absolute atomic E-state index is 13.3. The van der Waals surface area contributed by atoms with Crippen molar-refractivity contribution in [2.24, 2.45) is 0 Å². The molecule has 1 atom stereocenters. The fourth-order valence-electron chi connectivity index (χ4n) is 3.86. The molecular weight excluding hydrogens is 346 g/mol. The number of ether oxygens (including phenoxy) is 1. The Morgan fingerprint density at radius 3 is 2.39 bits per heavy atom. The standard InChI is InChI=1S/C25H19NO2/c27-25(19-10-2-1-3-11-19)26-17-24(28-23-16-7-6-15-22(23)26)21-14-8-12-18-9-4-5-13-20(18)21/h1-16,24H,17H2. The number of nitrogens with zero attached hydrogens (tertiary/aromatic N) is 1. The van der Waals surface area contributed by atoms with Crippen LogP contribution in [0.5, 0.6) is 5.75 Å². The van der Waals surface area contributed by atoms with E-state index < -0.39 is 0 Å². The summed E-state index contributed by atoms with van der Waals surface area (Å²) < 4.78 is 6.35. The normalized spacial score (nSPS) is 15.7. The first-order valence-corrected chi connectivity index (χ1v) is 9.41. The minimum absolute atomic E-state index is 0.0124. The number of para-hydroxylation sites is 2. The lowest BCUT2D eigenvalue weighted by Crippen LogP contribution is -2.39. The van der Waals surface area contributed by atoms with Crippen molar-refractivity contribution in [3.63, 3.8) is 0 Å². The monoisotopic (exact) mass is 365 g/mol. The molecule has 1 aliphatic heterocycles. The Morgan fingerprint density at radius 2 is 1.50 bits per heavy atom. The minimum Gasteiger partial charge on any atom is -0.482 e. The molecule has 0 fully saturated rings. The summed E-state index contributed by atoms with van der Waals surface area (Å²) in [7, 11) is 0. The van der Waals surface area contributed by atoms with Crippen LogP contribution in [0.4, 0.5) is 5.69 Å². The largest absolute Gasteiger partial charge is 0.482 e. The van der Waals surface area contributed by atoms with E-state index in [9.17, 15) is 4.79 Å². The SMILES string of the molecule is O=C(c1ccccc1)N1CC(c2cccc3ccccc23)Oc2ccccc21. The van der Waals surface area contributed by atoms with Crippen LogP contribution in [0.15, 0.2) is 97.1 Å². The molecule has 136 valence electrons. The molecule has 5 rings (SSSR count). The first-order valence-electron chi connectivity index (χ1n) is 9.41. The van der Waals surface area contributed by atoms with Crippen LogP contribution in [0.3, 0.4) is 0 Å². The van der Waals surface area contributed by atoms with Gasteiger partial charge in [0.15, 0.2) is 0 Å². The van der Waals surface area contributed by atoms with Gasteiger partial charge in [-0.15, -0.1) is 0 Å². The second-order valence-corrected chi connectivity index (χ2v) is 6.92. The summed E-state index contributed by atoms with van der Waals surface area (Å²) in [5.41, 5.74) is 2.59. The summed E-state index contributed by atoms with van der Waals surface area (Å²) in [6.07, 6.45) is -0.228. The summed E-state index contributed by atoms with van der Waals surface area (Å²) in [5.74, 6) is 0.720. The van der Waals surface area contributed by atoms with Gasteiger partial charge in [-0.25, -0.2) is 0 Å². The van der Waals surface area contributed by atoms with Crippen molar-refractivity contribution in [2.45, 2.75) is 6.10 Å². The Morgan fingerprint density at radius 1 is 0.786 bits per heavy atom. The molecule has 0 N–H and O–H groups in total. The van der Waals surface area contributed by atoms with E-state index in [0.717, 1.165) is 22.4 Å². The van der Waals surface area contributed by atoms with Crippen molar-refractivity contribution in [3.05, 3.63) is 108 Å². The molecule has 1 unspecified atom stereocenters. The molecule has 0 aromatic heterocycles. The van der Waals surface area contributed by atoms with E-state index in [1.807, 2.05) is 77.7 Å². The highest BCUT2D eigenvalue weighted by Gasteiger charge is 2.31. The average molecular weight is 365 g/mol. The van der Waals surface area contributed by atoms with Crippen LogP contribution in [0.1, 0.15) is 22.0 Å². The maximum Gasteiger partial charge on any atom is 0.258 e. The van der Waals surface area contributed by atoms with Gasteiger partial charge in [-0.1, -0.05) is 72.8 Å². The topological polar surface area (TPSA) is 29.5 Å². The molecule has 0 saturated heterocycles. The first kappa shape index (κ1) is 16.6. The minimum atomic E-state index is -0.228. The third kappa shape index (κ3) is 2.81. The first-order chi connectivity index (χ1) is 13.8. The Balaban J connectivity index is 1.60. The van der Waals surface area contributed by atoms with Gasteiger partial charge in [0.1, 0.15) is 11.9 Å². The van der Waals surface area contributed by atoms with Crippen molar-refractivity contribution in [2.75, 3.05) is 11.4 Å². The van der Waals surface area contributed by atoms with Crippen LogP contribution in [0.25, 0.3) is 10.8 Å². The maximum atomic E-state index is 13.3. The van der Waals surface area contributed by atoms with Crippen molar-refractivity contribution in [1.29, 1.82) is 0 Å². The Bertz CT molecular complexity index is 1150. The molecular formula is C25H19NO2. The van der Waals surface area contributed by atoms with Crippen LogP contribution in [-0.4, -0.2) is 12.5 Å². The van der Waals surface area contributed by atoms with Gasteiger partial charge in [0.2, 0.25) is 0 Å². The van der Waals surface area contributed by atoms with Crippen molar-refractivity contribution >= 4 is 22.4 Å². The number of rotatable bonds is 2. The number of carbonyl (C=O) groups excluding carboxylic acids is 1. The Kier molecular flexibility index (Phi) is 4.06. The Labute approximate surface area is 163 Å². The molecule has 1 aliphatic rings. The quantitative estimate of drug-likeness (QED) is 0.461. The third-order valence-electron chi connectivity index (χ3n) is 5.21. The fraction of sp³-hybridized carbons (Fsp3) is 0.0800. The van der Waals surface area contributed by atoms with Gasteiger partial charge in [0.25, 0.3) is 5.91 Å². The number of anilines is 1. The van der Waals surface area contributed by atoms with Gasteiger partial charge in [-0.05, 0) is 35.0 Å². The van der Waals surface area contributed by atoms with Crippen LogP contribution in [0, 0.1) is 0 Å². The van der Waals surface area contributed by atoms with Crippen LogP contribution in [-0.2, 0) is 0 Å². The highest BCUT2D eigenvalue weighted by atomic mass is 16.5. The van der Waals surface area contributed by atoms with Gasteiger partial charge in [0.05, 0.1) is 12.2 Å². The number of amides is 1. The van der Waals surface area contributed by atoms with Crippen LogP contribution < -0.4 is 9.64 Å². The lowest BCUT2D eigenvalue weighted by Gasteiger charge is -2.35. The van der Waals surface area contributed by atoms with Gasteiger partial charge in [-0.2, -0.15) is 0 Å². The smallest absolute Gasteiger partial charge is 0.258 e. The summed E-state index contributed by atoms with van der Waals surface area (Å²) >= 11 is 0. The highest BCUT2D eigenvalue weighted by Crippen LogP contribution is 2.40. The molecule has 4 aromatic rings. The molecule has 1 amide bonds. The summed E-state index contributed by atoms with van der Waals surface area (Å²) in [6.45, 7) is 0.471. The summed E-state index contributed by atoms with van der Waals surface area (Å²) in [5, 5.41) is 2.32.